The quantitative estimate of drug-likeness (QED) is 0.869. The van der Waals surface area contributed by atoms with Crippen molar-refractivity contribution in [2.75, 3.05) is 23.3 Å². The normalized spacial score (nSPS) is 20.4. The number of rotatable bonds is 4. The molecule has 4 heteroatoms. The fraction of sp³-hybridized carbons (Fsp3) is 0.692. The van der Waals surface area contributed by atoms with Gasteiger partial charge < -0.3 is 10.2 Å². The van der Waals surface area contributed by atoms with E-state index in [1.807, 2.05) is 6.20 Å². The number of aromatic nitrogens is 2. The minimum Gasteiger partial charge on any atom is -0.369 e. The molecule has 0 aromatic carbocycles. The zero-order valence-corrected chi connectivity index (χ0v) is 10.8. The molecular formula is C13H22N4. The highest BCUT2D eigenvalue weighted by molar-refractivity contribution is 5.44. The van der Waals surface area contributed by atoms with Crippen molar-refractivity contribution in [2.24, 2.45) is 0 Å². The van der Waals surface area contributed by atoms with Crippen LogP contribution < -0.4 is 10.2 Å². The van der Waals surface area contributed by atoms with Crippen molar-refractivity contribution < 1.29 is 0 Å². The van der Waals surface area contributed by atoms with Gasteiger partial charge in [0.05, 0.1) is 12.4 Å². The fourth-order valence-corrected chi connectivity index (χ4v) is 2.27. The third kappa shape index (κ3) is 3.08. The van der Waals surface area contributed by atoms with Gasteiger partial charge in [-0.05, 0) is 32.6 Å². The van der Waals surface area contributed by atoms with E-state index in [1.54, 1.807) is 6.20 Å². The smallest absolute Gasteiger partial charge is 0.149 e. The molecule has 94 valence electrons. The highest BCUT2D eigenvalue weighted by atomic mass is 15.2. The first kappa shape index (κ1) is 12.1. The summed E-state index contributed by atoms with van der Waals surface area (Å²) in [5.74, 6) is 1.90. The number of anilines is 2. The van der Waals surface area contributed by atoms with Crippen LogP contribution in [0.2, 0.25) is 0 Å². The summed E-state index contributed by atoms with van der Waals surface area (Å²) >= 11 is 0. The van der Waals surface area contributed by atoms with E-state index >= 15 is 0 Å². The summed E-state index contributed by atoms with van der Waals surface area (Å²) in [6, 6.07) is 0.583. The second-order valence-corrected chi connectivity index (χ2v) is 4.73. The molecule has 0 bridgehead atoms. The molecule has 1 unspecified atom stereocenters. The van der Waals surface area contributed by atoms with Crippen molar-refractivity contribution in [2.45, 2.75) is 45.6 Å². The molecular weight excluding hydrogens is 212 g/mol. The Kier molecular flexibility index (Phi) is 4.18. The van der Waals surface area contributed by atoms with Crippen LogP contribution >= 0.6 is 0 Å². The van der Waals surface area contributed by atoms with Gasteiger partial charge in [-0.2, -0.15) is 0 Å². The number of hydrogen-bond acceptors (Lipinski definition) is 4. The zero-order chi connectivity index (χ0) is 12.1. The highest BCUT2D eigenvalue weighted by Crippen LogP contribution is 2.22. The Balaban J connectivity index is 2.08. The Labute approximate surface area is 103 Å². The summed E-state index contributed by atoms with van der Waals surface area (Å²) in [6.07, 6.45) is 8.63. The van der Waals surface area contributed by atoms with Gasteiger partial charge in [0, 0.05) is 19.1 Å². The van der Waals surface area contributed by atoms with Gasteiger partial charge in [0.25, 0.3) is 0 Å². The van der Waals surface area contributed by atoms with Crippen molar-refractivity contribution in [3.05, 3.63) is 12.4 Å². The average molecular weight is 234 g/mol. The largest absolute Gasteiger partial charge is 0.369 e. The van der Waals surface area contributed by atoms with Crippen LogP contribution in [-0.4, -0.2) is 29.1 Å². The minimum atomic E-state index is 0.583. The minimum absolute atomic E-state index is 0.583. The molecule has 0 aliphatic carbocycles. The molecule has 1 aliphatic heterocycles. The maximum absolute atomic E-state index is 4.64. The van der Waals surface area contributed by atoms with Crippen LogP contribution in [0.15, 0.2) is 12.4 Å². The van der Waals surface area contributed by atoms with Crippen LogP contribution in [0.5, 0.6) is 0 Å². The molecule has 0 spiro atoms. The van der Waals surface area contributed by atoms with Gasteiger partial charge in [-0.25, -0.2) is 4.98 Å². The lowest BCUT2D eigenvalue weighted by Gasteiger charge is -2.34. The number of hydrogen-bond donors (Lipinski definition) is 1. The lowest BCUT2D eigenvalue weighted by Crippen LogP contribution is -2.38. The van der Waals surface area contributed by atoms with E-state index in [4.69, 9.17) is 0 Å². The Morgan fingerprint density at radius 2 is 2.29 bits per heavy atom. The van der Waals surface area contributed by atoms with Crippen LogP contribution in [-0.2, 0) is 0 Å². The van der Waals surface area contributed by atoms with Crippen LogP contribution in [0.25, 0.3) is 0 Å². The van der Waals surface area contributed by atoms with Crippen molar-refractivity contribution >= 4 is 11.6 Å². The molecule has 1 aromatic rings. The maximum Gasteiger partial charge on any atom is 0.149 e. The van der Waals surface area contributed by atoms with Gasteiger partial charge >= 0.3 is 0 Å². The van der Waals surface area contributed by atoms with Gasteiger partial charge in [0.15, 0.2) is 0 Å². The van der Waals surface area contributed by atoms with E-state index in [9.17, 15) is 0 Å². The first-order chi connectivity index (χ1) is 8.31. The maximum atomic E-state index is 4.64. The summed E-state index contributed by atoms with van der Waals surface area (Å²) < 4.78 is 0. The van der Waals surface area contributed by atoms with Crippen molar-refractivity contribution in [1.82, 2.24) is 9.97 Å². The van der Waals surface area contributed by atoms with Gasteiger partial charge in [-0.3, -0.25) is 4.98 Å². The zero-order valence-electron chi connectivity index (χ0n) is 10.8. The summed E-state index contributed by atoms with van der Waals surface area (Å²) in [5.41, 5.74) is 0. The number of piperidine rings is 1. The van der Waals surface area contributed by atoms with E-state index < -0.39 is 0 Å². The molecule has 17 heavy (non-hydrogen) atoms. The van der Waals surface area contributed by atoms with Gasteiger partial charge in [-0.1, -0.05) is 6.92 Å². The molecule has 1 saturated heterocycles. The molecule has 0 amide bonds. The van der Waals surface area contributed by atoms with Crippen LogP contribution in [0.1, 0.15) is 39.5 Å². The van der Waals surface area contributed by atoms with Crippen molar-refractivity contribution in [3.63, 3.8) is 0 Å². The van der Waals surface area contributed by atoms with E-state index in [0.717, 1.165) is 31.1 Å². The molecule has 1 aromatic heterocycles. The summed E-state index contributed by atoms with van der Waals surface area (Å²) in [5, 5.41) is 3.29. The van der Waals surface area contributed by atoms with E-state index in [0.29, 0.717) is 6.04 Å². The molecule has 1 atom stereocenters. The predicted molar refractivity (Wildman–Crippen MR) is 71.5 cm³/mol. The van der Waals surface area contributed by atoms with E-state index in [1.165, 1.54) is 19.3 Å². The van der Waals surface area contributed by atoms with Gasteiger partial charge in [0.2, 0.25) is 0 Å². The molecule has 1 N–H and O–H groups in total. The van der Waals surface area contributed by atoms with Gasteiger partial charge in [-0.15, -0.1) is 0 Å². The molecule has 4 nitrogen and oxygen atoms in total. The second kappa shape index (κ2) is 5.84. The molecule has 0 radical (unpaired) electrons. The molecule has 2 rings (SSSR count). The highest BCUT2D eigenvalue weighted by Gasteiger charge is 2.19. The Morgan fingerprint density at radius 1 is 1.41 bits per heavy atom. The third-order valence-corrected chi connectivity index (χ3v) is 3.28. The number of nitrogens with zero attached hydrogens (tertiary/aromatic N) is 3. The van der Waals surface area contributed by atoms with Crippen LogP contribution in [0, 0.1) is 0 Å². The lowest BCUT2D eigenvalue weighted by atomic mass is 10.0. The Hall–Kier alpha value is -1.32. The molecule has 1 fully saturated rings. The van der Waals surface area contributed by atoms with Crippen molar-refractivity contribution in [1.29, 1.82) is 0 Å². The predicted octanol–water partition coefficient (Wildman–Crippen LogP) is 2.68. The van der Waals surface area contributed by atoms with Gasteiger partial charge in [0.1, 0.15) is 11.6 Å². The summed E-state index contributed by atoms with van der Waals surface area (Å²) in [6.45, 7) is 6.48. The standard InChI is InChI=1S/C13H22N4/c1-3-7-15-12-9-14-10-13(16-12)17-8-5-4-6-11(17)2/h9-11H,3-8H2,1-2H3,(H,15,16). The molecule has 2 heterocycles. The topological polar surface area (TPSA) is 41.1 Å². The monoisotopic (exact) mass is 234 g/mol. The van der Waals surface area contributed by atoms with Crippen LogP contribution in [0.3, 0.4) is 0 Å². The van der Waals surface area contributed by atoms with E-state index in [-0.39, 0.29) is 0 Å². The van der Waals surface area contributed by atoms with Crippen LogP contribution in [0.4, 0.5) is 11.6 Å². The fourth-order valence-electron chi connectivity index (χ4n) is 2.27. The summed E-state index contributed by atoms with van der Waals surface area (Å²) in [4.78, 5) is 11.3. The first-order valence-electron chi connectivity index (χ1n) is 6.64. The molecule has 1 aliphatic rings. The Morgan fingerprint density at radius 3 is 3.06 bits per heavy atom. The Bertz CT molecular complexity index is 353. The average Bonchev–Trinajstić information content (AvgIpc) is 2.37. The SMILES string of the molecule is CCCNc1cncc(N2CCCCC2C)n1. The summed E-state index contributed by atoms with van der Waals surface area (Å²) in [7, 11) is 0. The molecule has 0 saturated carbocycles. The third-order valence-electron chi connectivity index (χ3n) is 3.28. The lowest BCUT2D eigenvalue weighted by molar-refractivity contribution is 0.481. The second-order valence-electron chi connectivity index (χ2n) is 4.73. The van der Waals surface area contributed by atoms with E-state index in [2.05, 4.69) is 34.0 Å². The van der Waals surface area contributed by atoms with Crippen molar-refractivity contribution in [3.8, 4) is 0 Å². The first-order valence-corrected chi connectivity index (χ1v) is 6.64. The number of nitrogens with one attached hydrogen (secondary N) is 1.